The Labute approximate surface area is 146 Å². The quantitative estimate of drug-likeness (QED) is 0.511. The molecule has 1 aromatic heterocycles. The number of aryl methyl sites for hydroxylation is 1. The molecular formula is C18H22N2O5. The topological polar surface area (TPSA) is 87.6 Å². The van der Waals surface area contributed by atoms with E-state index in [9.17, 15) is 10.1 Å². The van der Waals surface area contributed by atoms with Gasteiger partial charge in [-0.15, -0.1) is 0 Å². The van der Waals surface area contributed by atoms with Gasteiger partial charge in [-0.05, 0) is 51.0 Å². The van der Waals surface area contributed by atoms with Gasteiger partial charge in [-0.25, -0.2) is 0 Å². The van der Waals surface area contributed by atoms with Crippen LogP contribution in [0.3, 0.4) is 0 Å². The fourth-order valence-electron chi connectivity index (χ4n) is 2.18. The summed E-state index contributed by atoms with van der Waals surface area (Å²) in [5, 5.41) is 14.7. The number of nitrogens with zero attached hydrogens (tertiary/aromatic N) is 2. The second-order valence-electron chi connectivity index (χ2n) is 5.55. The van der Waals surface area contributed by atoms with E-state index in [4.69, 9.17) is 14.0 Å². The minimum Gasteiger partial charge on any atom is -0.490 e. The van der Waals surface area contributed by atoms with Crippen LogP contribution in [-0.4, -0.2) is 22.8 Å². The lowest BCUT2D eigenvalue weighted by atomic mass is 10.1. The molecule has 0 amide bonds. The van der Waals surface area contributed by atoms with E-state index in [1.165, 1.54) is 13.0 Å². The number of nitro groups is 1. The van der Waals surface area contributed by atoms with E-state index in [0.717, 1.165) is 12.0 Å². The largest absolute Gasteiger partial charge is 0.490 e. The summed E-state index contributed by atoms with van der Waals surface area (Å²) in [7, 11) is 0. The predicted octanol–water partition coefficient (Wildman–Crippen LogP) is 4.64. The molecule has 0 N–H and O–H groups in total. The minimum atomic E-state index is -0.500. The van der Waals surface area contributed by atoms with Gasteiger partial charge in [0.15, 0.2) is 17.2 Å². The molecule has 0 bridgehead atoms. The van der Waals surface area contributed by atoms with Crippen LogP contribution in [0.1, 0.15) is 44.2 Å². The molecule has 0 aliphatic rings. The summed E-state index contributed by atoms with van der Waals surface area (Å²) in [6.45, 7) is 7.99. The van der Waals surface area contributed by atoms with Gasteiger partial charge in [-0.2, -0.15) is 0 Å². The molecule has 0 fully saturated rings. The Kier molecular flexibility index (Phi) is 6.16. The Bertz CT molecular complexity index is 767. The van der Waals surface area contributed by atoms with E-state index in [1.54, 1.807) is 6.08 Å². The normalized spacial score (nSPS) is 12.3. The van der Waals surface area contributed by atoms with Gasteiger partial charge in [0, 0.05) is 0 Å². The van der Waals surface area contributed by atoms with Crippen molar-refractivity contribution < 1.29 is 18.9 Å². The van der Waals surface area contributed by atoms with Gasteiger partial charge in [-0.3, -0.25) is 10.1 Å². The zero-order valence-electron chi connectivity index (χ0n) is 14.8. The molecule has 0 spiro atoms. The van der Waals surface area contributed by atoms with Crippen molar-refractivity contribution in [1.29, 1.82) is 0 Å². The van der Waals surface area contributed by atoms with Crippen molar-refractivity contribution in [3.63, 3.8) is 0 Å². The third-order valence-electron chi connectivity index (χ3n) is 3.64. The highest BCUT2D eigenvalue weighted by Gasteiger charge is 2.21. The van der Waals surface area contributed by atoms with E-state index in [1.807, 2.05) is 32.0 Å². The molecule has 7 nitrogen and oxygen atoms in total. The first kappa shape index (κ1) is 18.5. The summed E-state index contributed by atoms with van der Waals surface area (Å²) >= 11 is 0. The van der Waals surface area contributed by atoms with Crippen LogP contribution in [0.15, 0.2) is 22.7 Å². The summed E-state index contributed by atoms with van der Waals surface area (Å²) in [5.74, 6) is 1.42. The highest BCUT2D eigenvalue weighted by Crippen LogP contribution is 2.31. The lowest BCUT2D eigenvalue weighted by Gasteiger charge is -2.16. The standard InChI is InChI=1S/C18H22N2O5/c1-5-12(3)24-15-9-7-14(11-17(15)23-6-2)8-10-16-18(20(21)22)13(4)19-25-16/h7-12H,5-6H2,1-4H3/b10-8-/t12-/m0/s1. The van der Waals surface area contributed by atoms with Crippen molar-refractivity contribution in [2.45, 2.75) is 40.2 Å². The van der Waals surface area contributed by atoms with Crippen molar-refractivity contribution >= 4 is 17.8 Å². The molecule has 0 saturated carbocycles. The molecule has 2 aromatic rings. The molecular weight excluding hydrogens is 324 g/mol. The molecule has 1 aromatic carbocycles. The Morgan fingerprint density at radius 2 is 2.08 bits per heavy atom. The lowest BCUT2D eigenvalue weighted by Crippen LogP contribution is -2.10. The molecule has 7 heteroatoms. The van der Waals surface area contributed by atoms with E-state index >= 15 is 0 Å². The van der Waals surface area contributed by atoms with Crippen molar-refractivity contribution in [1.82, 2.24) is 5.16 Å². The van der Waals surface area contributed by atoms with E-state index in [0.29, 0.717) is 18.1 Å². The Morgan fingerprint density at radius 1 is 1.32 bits per heavy atom. The van der Waals surface area contributed by atoms with Crippen molar-refractivity contribution in [2.75, 3.05) is 6.61 Å². The van der Waals surface area contributed by atoms with Gasteiger partial charge in [0.25, 0.3) is 0 Å². The maximum absolute atomic E-state index is 11.1. The average Bonchev–Trinajstić information content (AvgIpc) is 2.96. The van der Waals surface area contributed by atoms with Gasteiger partial charge in [0.2, 0.25) is 5.76 Å². The monoisotopic (exact) mass is 346 g/mol. The van der Waals surface area contributed by atoms with E-state index in [2.05, 4.69) is 12.1 Å². The second-order valence-corrected chi connectivity index (χ2v) is 5.55. The van der Waals surface area contributed by atoms with Crippen LogP contribution in [0.25, 0.3) is 12.2 Å². The second kappa shape index (κ2) is 8.32. The fraction of sp³-hybridized carbons (Fsp3) is 0.389. The van der Waals surface area contributed by atoms with Crippen LogP contribution < -0.4 is 9.47 Å². The summed E-state index contributed by atoms with van der Waals surface area (Å²) in [6.07, 6.45) is 4.21. The minimum absolute atomic E-state index is 0.0837. The molecule has 25 heavy (non-hydrogen) atoms. The van der Waals surface area contributed by atoms with Crippen LogP contribution in [0.2, 0.25) is 0 Å². The highest BCUT2D eigenvalue weighted by molar-refractivity contribution is 5.72. The van der Waals surface area contributed by atoms with Crippen LogP contribution in [-0.2, 0) is 0 Å². The number of hydrogen-bond donors (Lipinski definition) is 0. The summed E-state index contributed by atoms with van der Waals surface area (Å²) in [5.41, 5.74) is 0.929. The average molecular weight is 346 g/mol. The first-order chi connectivity index (χ1) is 12.0. The van der Waals surface area contributed by atoms with Crippen molar-refractivity contribution in [3.8, 4) is 11.5 Å². The molecule has 0 saturated heterocycles. The maximum atomic E-state index is 11.1. The summed E-state index contributed by atoms with van der Waals surface area (Å²) in [6, 6.07) is 5.51. The molecule has 0 unspecified atom stereocenters. The summed E-state index contributed by atoms with van der Waals surface area (Å²) < 4.78 is 16.5. The zero-order chi connectivity index (χ0) is 18.4. The van der Waals surface area contributed by atoms with Gasteiger partial charge in [0.05, 0.1) is 17.6 Å². The fourth-order valence-corrected chi connectivity index (χ4v) is 2.18. The molecule has 2 rings (SSSR count). The van der Waals surface area contributed by atoms with Crippen LogP contribution >= 0.6 is 0 Å². The number of benzene rings is 1. The molecule has 134 valence electrons. The third kappa shape index (κ3) is 4.59. The van der Waals surface area contributed by atoms with Gasteiger partial charge < -0.3 is 14.0 Å². The van der Waals surface area contributed by atoms with Crippen LogP contribution in [0.5, 0.6) is 11.5 Å². The van der Waals surface area contributed by atoms with Crippen molar-refractivity contribution in [2.24, 2.45) is 0 Å². The number of rotatable bonds is 8. The lowest BCUT2D eigenvalue weighted by molar-refractivity contribution is -0.386. The van der Waals surface area contributed by atoms with Crippen LogP contribution in [0.4, 0.5) is 5.69 Å². The smallest absolute Gasteiger partial charge is 0.338 e. The van der Waals surface area contributed by atoms with E-state index < -0.39 is 4.92 Å². The van der Waals surface area contributed by atoms with Gasteiger partial charge in [0.1, 0.15) is 0 Å². The predicted molar refractivity (Wildman–Crippen MR) is 94.8 cm³/mol. The molecule has 1 atom stereocenters. The SMILES string of the molecule is CCOc1cc(/C=C\c2onc(C)c2[N+](=O)[O-])ccc1O[C@@H](C)CC. The first-order valence-corrected chi connectivity index (χ1v) is 8.18. The Morgan fingerprint density at radius 3 is 2.72 bits per heavy atom. The third-order valence-corrected chi connectivity index (χ3v) is 3.64. The Hall–Kier alpha value is -2.83. The molecule has 0 aliphatic carbocycles. The van der Waals surface area contributed by atoms with Gasteiger partial charge >= 0.3 is 5.69 Å². The first-order valence-electron chi connectivity index (χ1n) is 8.18. The zero-order valence-corrected chi connectivity index (χ0v) is 14.8. The highest BCUT2D eigenvalue weighted by atomic mass is 16.6. The Balaban J connectivity index is 2.28. The van der Waals surface area contributed by atoms with Crippen LogP contribution in [0, 0.1) is 17.0 Å². The molecule has 0 radical (unpaired) electrons. The maximum Gasteiger partial charge on any atom is 0.338 e. The number of aromatic nitrogens is 1. The van der Waals surface area contributed by atoms with Crippen molar-refractivity contribution in [3.05, 3.63) is 45.3 Å². The van der Waals surface area contributed by atoms with Gasteiger partial charge in [-0.1, -0.05) is 24.2 Å². The van der Waals surface area contributed by atoms with E-state index in [-0.39, 0.29) is 23.2 Å². The molecule has 1 heterocycles. The summed E-state index contributed by atoms with van der Waals surface area (Å²) in [4.78, 5) is 10.6. The number of ether oxygens (including phenoxy) is 2. The molecule has 0 aliphatic heterocycles. The number of hydrogen-bond acceptors (Lipinski definition) is 6.